The van der Waals surface area contributed by atoms with Crippen molar-refractivity contribution in [3.63, 3.8) is 0 Å². The highest BCUT2D eigenvalue weighted by Gasteiger charge is 2.17. The maximum atomic E-state index is 4.41. The van der Waals surface area contributed by atoms with Crippen molar-refractivity contribution in [3.8, 4) is 0 Å². The summed E-state index contributed by atoms with van der Waals surface area (Å²) in [6.45, 7) is 4.42. The Morgan fingerprint density at radius 1 is 1.44 bits per heavy atom. The van der Waals surface area contributed by atoms with E-state index in [9.17, 15) is 0 Å². The van der Waals surface area contributed by atoms with E-state index < -0.39 is 0 Å². The maximum absolute atomic E-state index is 4.41. The van der Waals surface area contributed by atoms with Gasteiger partial charge in [-0.3, -0.25) is 5.10 Å². The fourth-order valence-electron chi connectivity index (χ4n) is 2.57. The standard InChI is InChI=1S/C13H17N3/c1-9-3-2-4-11-12(15-16-13(9)11)7-10-5-6-14-8-10/h2-4,10,14H,5-8H2,1H3,(H,15,16). The molecule has 3 nitrogen and oxygen atoms in total. The van der Waals surface area contributed by atoms with Gasteiger partial charge in [0.2, 0.25) is 0 Å². The van der Waals surface area contributed by atoms with Gasteiger partial charge in [-0.25, -0.2) is 0 Å². The number of nitrogens with zero attached hydrogens (tertiary/aromatic N) is 1. The number of nitrogens with one attached hydrogen (secondary N) is 2. The molecule has 1 saturated heterocycles. The van der Waals surface area contributed by atoms with Crippen molar-refractivity contribution in [3.05, 3.63) is 29.5 Å². The largest absolute Gasteiger partial charge is 0.316 e. The van der Waals surface area contributed by atoms with Crippen molar-refractivity contribution in [2.45, 2.75) is 19.8 Å². The molecule has 2 heterocycles. The van der Waals surface area contributed by atoms with Gasteiger partial charge in [-0.05, 0) is 44.3 Å². The second-order valence-corrected chi connectivity index (χ2v) is 4.74. The number of aromatic amines is 1. The number of para-hydroxylation sites is 1. The van der Waals surface area contributed by atoms with Gasteiger partial charge in [0, 0.05) is 11.1 Å². The smallest absolute Gasteiger partial charge is 0.0952 e. The number of fused-ring (bicyclic) bond motifs is 1. The zero-order valence-electron chi connectivity index (χ0n) is 9.59. The van der Waals surface area contributed by atoms with E-state index in [4.69, 9.17) is 0 Å². The maximum Gasteiger partial charge on any atom is 0.0952 e. The van der Waals surface area contributed by atoms with E-state index in [-0.39, 0.29) is 0 Å². The van der Waals surface area contributed by atoms with Crippen LogP contribution in [0.3, 0.4) is 0 Å². The number of aromatic nitrogens is 2. The molecule has 1 aromatic heterocycles. The Morgan fingerprint density at radius 3 is 3.19 bits per heavy atom. The van der Waals surface area contributed by atoms with Crippen LogP contribution in [-0.4, -0.2) is 23.3 Å². The summed E-state index contributed by atoms with van der Waals surface area (Å²) in [4.78, 5) is 0. The van der Waals surface area contributed by atoms with E-state index in [1.54, 1.807) is 0 Å². The Balaban J connectivity index is 1.94. The summed E-state index contributed by atoms with van der Waals surface area (Å²) >= 11 is 0. The minimum absolute atomic E-state index is 0.768. The molecule has 0 amide bonds. The molecule has 2 aromatic rings. The van der Waals surface area contributed by atoms with E-state index >= 15 is 0 Å². The third-order valence-corrected chi connectivity index (χ3v) is 3.52. The highest BCUT2D eigenvalue weighted by molar-refractivity contribution is 5.84. The van der Waals surface area contributed by atoms with Crippen LogP contribution >= 0.6 is 0 Å². The van der Waals surface area contributed by atoms with Crippen LogP contribution < -0.4 is 5.32 Å². The lowest BCUT2D eigenvalue weighted by Gasteiger charge is -2.06. The zero-order chi connectivity index (χ0) is 11.0. The summed E-state index contributed by atoms with van der Waals surface area (Å²) in [6.07, 6.45) is 2.40. The van der Waals surface area contributed by atoms with Crippen LogP contribution in [0.1, 0.15) is 17.7 Å². The van der Waals surface area contributed by atoms with Gasteiger partial charge < -0.3 is 5.32 Å². The number of H-pyrrole nitrogens is 1. The van der Waals surface area contributed by atoms with Gasteiger partial charge in [0.1, 0.15) is 0 Å². The lowest BCUT2D eigenvalue weighted by Crippen LogP contribution is -2.11. The number of hydrogen-bond donors (Lipinski definition) is 2. The average molecular weight is 215 g/mol. The summed E-state index contributed by atoms with van der Waals surface area (Å²) < 4.78 is 0. The molecule has 84 valence electrons. The van der Waals surface area contributed by atoms with Crippen molar-refractivity contribution in [2.75, 3.05) is 13.1 Å². The topological polar surface area (TPSA) is 40.7 Å². The first-order valence-electron chi connectivity index (χ1n) is 5.98. The van der Waals surface area contributed by atoms with Crippen LogP contribution in [0.15, 0.2) is 18.2 Å². The van der Waals surface area contributed by atoms with Gasteiger partial charge in [-0.2, -0.15) is 5.10 Å². The fourth-order valence-corrected chi connectivity index (χ4v) is 2.57. The molecule has 16 heavy (non-hydrogen) atoms. The average Bonchev–Trinajstić information content (AvgIpc) is 2.90. The Labute approximate surface area is 95.2 Å². The van der Waals surface area contributed by atoms with Gasteiger partial charge in [-0.1, -0.05) is 18.2 Å². The van der Waals surface area contributed by atoms with Crippen molar-refractivity contribution in [1.82, 2.24) is 15.5 Å². The Bertz CT molecular complexity index is 495. The molecule has 1 atom stereocenters. The minimum atomic E-state index is 0.768. The molecule has 1 unspecified atom stereocenters. The van der Waals surface area contributed by atoms with Crippen molar-refractivity contribution in [1.29, 1.82) is 0 Å². The third kappa shape index (κ3) is 1.61. The summed E-state index contributed by atoms with van der Waals surface area (Å²) in [5.41, 5.74) is 3.68. The van der Waals surface area contributed by atoms with Crippen LogP contribution in [0, 0.1) is 12.8 Å². The van der Waals surface area contributed by atoms with Crippen molar-refractivity contribution < 1.29 is 0 Å². The molecule has 0 bridgehead atoms. The lowest BCUT2D eigenvalue weighted by molar-refractivity contribution is 0.573. The second-order valence-electron chi connectivity index (χ2n) is 4.74. The monoisotopic (exact) mass is 215 g/mol. The van der Waals surface area contributed by atoms with E-state index in [1.807, 2.05) is 0 Å². The first-order valence-corrected chi connectivity index (χ1v) is 5.98. The first kappa shape index (κ1) is 9.85. The number of aryl methyl sites for hydroxylation is 1. The van der Waals surface area contributed by atoms with Gasteiger partial charge in [0.15, 0.2) is 0 Å². The molecule has 2 N–H and O–H groups in total. The van der Waals surface area contributed by atoms with Crippen molar-refractivity contribution in [2.24, 2.45) is 5.92 Å². The van der Waals surface area contributed by atoms with E-state index in [0.717, 1.165) is 30.9 Å². The normalized spacial score (nSPS) is 20.7. The molecule has 0 radical (unpaired) electrons. The summed E-state index contributed by atoms with van der Waals surface area (Å²) in [5.74, 6) is 0.768. The molecule has 1 fully saturated rings. The minimum Gasteiger partial charge on any atom is -0.316 e. The molecule has 0 saturated carbocycles. The SMILES string of the molecule is Cc1cccc2c(CC3CCNC3)[nH]nc12. The second kappa shape index (κ2) is 3.91. The summed E-state index contributed by atoms with van der Waals surface area (Å²) in [6, 6.07) is 6.40. The molecule has 3 rings (SSSR count). The predicted octanol–water partition coefficient (Wildman–Crippen LogP) is 2.02. The lowest BCUT2D eigenvalue weighted by atomic mass is 10.00. The van der Waals surface area contributed by atoms with E-state index in [2.05, 4.69) is 40.6 Å². The Morgan fingerprint density at radius 2 is 2.38 bits per heavy atom. The summed E-state index contributed by atoms with van der Waals surface area (Å²) in [7, 11) is 0. The molecular weight excluding hydrogens is 198 g/mol. The van der Waals surface area contributed by atoms with Crippen LogP contribution in [0.2, 0.25) is 0 Å². The molecule has 0 spiro atoms. The van der Waals surface area contributed by atoms with Gasteiger partial charge in [-0.15, -0.1) is 0 Å². The van der Waals surface area contributed by atoms with Crippen LogP contribution in [-0.2, 0) is 6.42 Å². The highest BCUT2D eigenvalue weighted by Crippen LogP contribution is 2.23. The molecular formula is C13H17N3. The van der Waals surface area contributed by atoms with Gasteiger partial charge in [0.25, 0.3) is 0 Å². The van der Waals surface area contributed by atoms with E-state index in [1.165, 1.54) is 23.1 Å². The molecule has 1 aromatic carbocycles. The van der Waals surface area contributed by atoms with Crippen LogP contribution in [0.25, 0.3) is 10.9 Å². The van der Waals surface area contributed by atoms with Gasteiger partial charge in [0.05, 0.1) is 5.52 Å². The zero-order valence-corrected chi connectivity index (χ0v) is 9.59. The molecule has 3 heteroatoms. The Hall–Kier alpha value is -1.35. The predicted molar refractivity (Wildman–Crippen MR) is 65.5 cm³/mol. The third-order valence-electron chi connectivity index (χ3n) is 3.52. The van der Waals surface area contributed by atoms with Crippen LogP contribution in [0.4, 0.5) is 0 Å². The first-order chi connectivity index (χ1) is 7.84. The molecule has 1 aliphatic heterocycles. The fraction of sp³-hybridized carbons (Fsp3) is 0.462. The number of rotatable bonds is 2. The summed E-state index contributed by atoms with van der Waals surface area (Å²) in [5, 5.41) is 12.3. The van der Waals surface area contributed by atoms with Gasteiger partial charge >= 0.3 is 0 Å². The van der Waals surface area contributed by atoms with E-state index in [0.29, 0.717) is 0 Å². The number of hydrogen-bond acceptors (Lipinski definition) is 2. The number of benzene rings is 1. The van der Waals surface area contributed by atoms with Crippen molar-refractivity contribution >= 4 is 10.9 Å². The molecule has 0 aliphatic carbocycles. The Kier molecular flexibility index (Phi) is 2.40. The molecule has 1 aliphatic rings. The quantitative estimate of drug-likeness (QED) is 0.804. The van der Waals surface area contributed by atoms with Crippen LogP contribution in [0.5, 0.6) is 0 Å². The highest BCUT2D eigenvalue weighted by atomic mass is 15.1.